The number of hydrogen-bond donors (Lipinski definition) is 0. The third kappa shape index (κ3) is 3.53. The van der Waals surface area contributed by atoms with Gasteiger partial charge in [-0.3, -0.25) is 0 Å². The highest BCUT2D eigenvalue weighted by molar-refractivity contribution is 7.98. The Morgan fingerprint density at radius 1 is 1.29 bits per heavy atom. The van der Waals surface area contributed by atoms with E-state index in [1.54, 1.807) is 29.5 Å². The highest BCUT2D eigenvalue weighted by atomic mass is 35.5. The summed E-state index contributed by atoms with van der Waals surface area (Å²) < 4.78 is 6.79. The first-order chi connectivity index (χ1) is 10.3. The molecule has 0 radical (unpaired) electrons. The van der Waals surface area contributed by atoms with Gasteiger partial charge in [-0.05, 0) is 23.8 Å². The van der Waals surface area contributed by atoms with E-state index in [0.717, 1.165) is 10.6 Å². The van der Waals surface area contributed by atoms with Gasteiger partial charge in [-0.2, -0.15) is 9.78 Å². The van der Waals surface area contributed by atoms with Crippen molar-refractivity contribution < 1.29 is 4.42 Å². The standard InChI is InChI=1S/C14H11ClN4OS/c15-13-6-2-1-4-11(13)9-21-14-18-16-10-19(14)17-8-12-5-3-7-20-12/h1-8,10H,9H2/b17-8+. The molecule has 106 valence electrons. The molecule has 0 saturated carbocycles. The van der Waals surface area contributed by atoms with E-state index in [-0.39, 0.29) is 0 Å². The molecule has 3 rings (SSSR count). The Morgan fingerprint density at radius 2 is 2.19 bits per heavy atom. The van der Waals surface area contributed by atoms with Gasteiger partial charge in [-0.1, -0.05) is 41.6 Å². The minimum absolute atomic E-state index is 0.672. The van der Waals surface area contributed by atoms with Crippen molar-refractivity contribution in [3.05, 3.63) is 65.3 Å². The van der Waals surface area contributed by atoms with Crippen molar-refractivity contribution in [3.63, 3.8) is 0 Å². The third-order valence-corrected chi connectivity index (χ3v) is 4.02. The number of furan rings is 1. The monoisotopic (exact) mass is 318 g/mol. The first-order valence-electron chi connectivity index (χ1n) is 6.17. The quantitative estimate of drug-likeness (QED) is 0.531. The lowest BCUT2D eigenvalue weighted by molar-refractivity contribution is 0.559. The van der Waals surface area contributed by atoms with Gasteiger partial charge in [0.2, 0.25) is 5.16 Å². The summed E-state index contributed by atoms with van der Waals surface area (Å²) in [4.78, 5) is 0. The molecule has 0 aliphatic heterocycles. The molecule has 0 aliphatic carbocycles. The summed E-state index contributed by atoms with van der Waals surface area (Å²) in [6.07, 6.45) is 4.76. The zero-order valence-corrected chi connectivity index (χ0v) is 12.5. The van der Waals surface area contributed by atoms with E-state index in [4.69, 9.17) is 16.0 Å². The molecule has 3 aromatic rings. The zero-order chi connectivity index (χ0) is 14.5. The Labute approximate surface area is 130 Å². The summed E-state index contributed by atoms with van der Waals surface area (Å²) in [5.74, 6) is 1.38. The van der Waals surface area contributed by atoms with E-state index in [2.05, 4.69) is 15.3 Å². The Kier molecular flexibility index (Phi) is 4.37. The Bertz CT molecular complexity index is 739. The fraction of sp³-hybridized carbons (Fsp3) is 0.0714. The number of hydrogen-bond acceptors (Lipinski definition) is 5. The molecule has 0 aliphatic rings. The van der Waals surface area contributed by atoms with Gasteiger partial charge in [0, 0.05) is 10.8 Å². The van der Waals surface area contributed by atoms with E-state index in [1.807, 2.05) is 30.3 Å². The predicted octanol–water partition coefficient (Wildman–Crippen LogP) is 3.70. The van der Waals surface area contributed by atoms with E-state index in [1.165, 1.54) is 11.8 Å². The Morgan fingerprint density at radius 3 is 3.00 bits per heavy atom. The van der Waals surface area contributed by atoms with Crippen LogP contribution in [0.15, 0.2) is 63.7 Å². The summed E-state index contributed by atoms with van der Waals surface area (Å²) in [5.41, 5.74) is 1.05. The van der Waals surface area contributed by atoms with Crippen LogP contribution in [0.3, 0.4) is 0 Å². The van der Waals surface area contributed by atoms with Crippen molar-refractivity contribution in [2.45, 2.75) is 10.9 Å². The van der Waals surface area contributed by atoms with Crippen LogP contribution in [0.2, 0.25) is 5.02 Å². The molecule has 7 heteroatoms. The first-order valence-corrected chi connectivity index (χ1v) is 7.53. The maximum Gasteiger partial charge on any atom is 0.212 e. The van der Waals surface area contributed by atoms with E-state index < -0.39 is 0 Å². The van der Waals surface area contributed by atoms with Crippen molar-refractivity contribution in [2.75, 3.05) is 0 Å². The maximum absolute atomic E-state index is 6.13. The minimum Gasteiger partial charge on any atom is -0.463 e. The third-order valence-electron chi connectivity index (χ3n) is 2.67. The van der Waals surface area contributed by atoms with Gasteiger partial charge in [-0.15, -0.1) is 10.2 Å². The topological polar surface area (TPSA) is 56.2 Å². The largest absolute Gasteiger partial charge is 0.463 e. The van der Waals surface area contributed by atoms with Crippen LogP contribution in [-0.4, -0.2) is 21.1 Å². The number of rotatable bonds is 5. The summed E-state index contributed by atoms with van der Waals surface area (Å²) in [6.45, 7) is 0. The fourth-order valence-corrected chi connectivity index (χ4v) is 2.78. The van der Waals surface area contributed by atoms with Crippen LogP contribution in [0.25, 0.3) is 0 Å². The lowest BCUT2D eigenvalue weighted by atomic mass is 10.2. The molecule has 0 atom stereocenters. The molecule has 5 nitrogen and oxygen atoms in total. The Hall–Kier alpha value is -2.05. The molecule has 0 N–H and O–H groups in total. The highest BCUT2D eigenvalue weighted by Gasteiger charge is 2.06. The second-order valence-corrected chi connectivity index (χ2v) is 5.45. The van der Waals surface area contributed by atoms with Gasteiger partial charge in [0.15, 0.2) is 0 Å². The summed E-state index contributed by atoms with van der Waals surface area (Å²) in [6, 6.07) is 11.4. The molecule has 2 heterocycles. The fourth-order valence-electron chi connectivity index (χ4n) is 1.64. The molecule has 0 saturated heterocycles. The average Bonchev–Trinajstić information content (AvgIpc) is 3.16. The van der Waals surface area contributed by atoms with Gasteiger partial charge >= 0.3 is 0 Å². The summed E-state index contributed by atoms with van der Waals surface area (Å²) >= 11 is 7.65. The van der Waals surface area contributed by atoms with Gasteiger partial charge < -0.3 is 4.42 Å². The van der Waals surface area contributed by atoms with Crippen molar-refractivity contribution >= 4 is 29.6 Å². The van der Waals surface area contributed by atoms with Gasteiger partial charge in [0.25, 0.3) is 0 Å². The first kappa shape index (κ1) is 13.9. The molecule has 0 fully saturated rings. The number of nitrogens with zero attached hydrogens (tertiary/aromatic N) is 4. The van der Waals surface area contributed by atoms with Crippen molar-refractivity contribution in [1.29, 1.82) is 0 Å². The van der Waals surface area contributed by atoms with Crippen LogP contribution < -0.4 is 0 Å². The van der Waals surface area contributed by atoms with Crippen LogP contribution in [-0.2, 0) is 5.75 Å². The predicted molar refractivity (Wildman–Crippen MR) is 82.7 cm³/mol. The average molecular weight is 319 g/mol. The smallest absolute Gasteiger partial charge is 0.212 e. The number of benzene rings is 1. The highest BCUT2D eigenvalue weighted by Crippen LogP contribution is 2.25. The van der Waals surface area contributed by atoms with Crippen molar-refractivity contribution in [3.8, 4) is 0 Å². The van der Waals surface area contributed by atoms with Gasteiger partial charge in [0.05, 0.1) is 12.5 Å². The molecule has 2 aromatic heterocycles. The Balaban J connectivity index is 1.70. The normalized spacial score (nSPS) is 11.3. The molecule has 0 spiro atoms. The van der Waals surface area contributed by atoms with Crippen LogP contribution >= 0.6 is 23.4 Å². The molecule has 21 heavy (non-hydrogen) atoms. The van der Waals surface area contributed by atoms with Crippen LogP contribution in [0.4, 0.5) is 0 Å². The van der Waals surface area contributed by atoms with Crippen molar-refractivity contribution in [2.24, 2.45) is 5.10 Å². The molecular weight excluding hydrogens is 308 g/mol. The van der Waals surface area contributed by atoms with Gasteiger partial charge in [0.1, 0.15) is 12.1 Å². The maximum atomic E-state index is 6.13. The van der Waals surface area contributed by atoms with E-state index in [0.29, 0.717) is 16.7 Å². The molecular formula is C14H11ClN4OS. The number of aromatic nitrogens is 3. The number of halogens is 1. The lowest BCUT2D eigenvalue weighted by Gasteiger charge is -2.03. The lowest BCUT2D eigenvalue weighted by Crippen LogP contribution is -1.92. The van der Waals surface area contributed by atoms with E-state index in [9.17, 15) is 0 Å². The molecule has 0 bridgehead atoms. The second kappa shape index (κ2) is 6.60. The summed E-state index contributed by atoms with van der Waals surface area (Å²) in [7, 11) is 0. The molecule has 1 aromatic carbocycles. The minimum atomic E-state index is 0.672. The van der Waals surface area contributed by atoms with Crippen LogP contribution in [0.5, 0.6) is 0 Å². The summed E-state index contributed by atoms with van der Waals surface area (Å²) in [5, 5.41) is 13.6. The SMILES string of the molecule is Clc1ccccc1CSc1nncn1/N=C/c1ccco1. The van der Waals surface area contributed by atoms with E-state index >= 15 is 0 Å². The zero-order valence-electron chi connectivity index (χ0n) is 10.9. The second-order valence-electron chi connectivity index (χ2n) is 4.10. The van der Waals surface area contributed by atoms with Crippen molar-refractivity contribution in [1.82, 2.24) is 14.9 Å². The van der Waals surface area contributed by atoms with Gasteiger partial charge in [-0.25, -0.2) is 0 Å². The molecule has 0 unspecified atom stereocenters. The van der Waals surface area contributed by atoms with Crippen LogP contribution in [0.1, 0.15) is 11.3 Å². The number of thioether (sulfide) groups is 1. The van der Waals surface area contributed by atoms with Crippen LogP contribution in [0, 0.1) is 0 Å². The molecule has 0 amide bonds.